The molecule has 0 bridgehead atoms. The molecule has 1 aromatic heterocycles. The first-order chi connectivity index (χ1) is 8.65. The highest BCUT2D eigenvalue weighted by molar-refractivity contribution is 9.10. The summed E-state index contributed by atoms with van der Waals surface area (Å²) in [5, 5.41) is 7.87. The van der Waals surface area contributed by atoms with Crippen molar-refractivity contribution in [2.24, 2.45) is 0 Å². The van der Waals surface area contributed by atoms with Crippen molar-refractivity contribution in [3.63, 3.8) is 0 Å². The number of rotatable bonds is 2. The van der Waals surface area contributed by atoms with Gasteiger partial charge in [-0.15, -0.1) is 5.10 Å². The minimum Gasteiger partial charge on any atom is -0.246 e. The molecule has 1 fully saturated rings. The largest absolute Gasteiger partial charge is 0.246 e. The Morgan fingerprint density at radius 1 is 1.33 bits per heavy atom. The van der Waals surface area contributed by atoms with E-state index in [4.69, 9.17) is 0 Å². The molecule has 0 unspecified atom stereocenters. The third kappa shape index (κ3) is 1.94. The van der Waals surface area contributed by atoms with E-state index in [1.54, 1.807) is 18.3 Å². The fourth-order valence-corrected chi connectivity index (χ4v) is 2.21. The third-order valence-electron chi connectivity index (χ3n) is 3.22. The number of halogens is 3. The minimum absolute atomic E-state index is 0.216. The van der Waals surface area contributed by atoms with Crippen LogP contribution in [0.4, 0.5) is 8.78 Å². The number of alkyl halides is 1. The second kappa shape index (κ2) is 4.42. The molecule has 0 aliphatic heterocycles. The molecule has 0 saturated heterocycles. The third-order valence-corrected chi connectivity index (χ3v) is 3.86. The lowest BCUT2D eigenvalue weighted by molar-refractivity contribution is 0.108. The van der Waals surface area contributed by atoms with Crippen LogP contribution in [-0.2, 0) is 0 Å². The molecule has 94 valence electrons. The van der Waals surface area contributed by atoms with Gasteiger partial charge in [0.2, 0.25) is 0 Å². The summed E-state index contributed by atoms with van der Waals surface area (Å²) >= 11 is 3.09. The van der Waals surface area contributed by atoms with Crippen molar-refractivity contribution in [3.8, 4) is 11.3 Å². The van der Waals surface area contributed by atoms with Gasteiger partial charge < -0.3 is 0 Å². The first kappa shape index (κ1) is 11.8. The summed E-state index contributed by atoms with van der Waals surface area (Å²) in [6, 6.07) is 4.53. The summed E-state index contributed by atoms with van der Waals surface area (Å²) in [4.78, 5) is 0. The minimum atomic E-state index is -0.846. The van der Waals surface area contributed by atoms with Gasteiger partial charge in [-0.1, -0.05) is 11.3 Å². The number of hydrogen-bond acceptors (Lipinski definition) is 2. The van der Waals surface area contributed by atoms with Crippen LogP contribution < -0.4 is 0 Å². The van der Waals surface area contributed by atoms with Gasteiger partial charge in [-0.05, 0) is 40.9 Å². The fourth-order valence-electron chi connectivity index (χ4n) is 1.97. The van der Waals surface area contributed by atoms with Crippen molar-refractivity contribution in [1.82, 2.24) is 15.0 Å². The van der Waals surface area contributed by atoms with E-state index in [0.29, 0.717) is 22.2 Å². The van der Waals surface area contributed by atoms with E-state index in [9.17, 15) is 8.78 Å². The quantitative estimate of drug-likeness (QED) is 0.849. The SMILES string of the molecule is Fc1cc(-c2cn([C@H]3CC[C@H]3F)nn2)ccc1Br. The molecule has 18 heavy (non-hydrogen) atoms. The van der Waals surface area contributed by atoms with Crippen molar-refractivity contribution in [2.75, 3.05) is 0 Å². The molecule has 1 heterocycles. The lowest BCUT2D eigenvalue weighted by atomic mass is 9.91. The van der Waals surface area contributed by atoms with E-state index in [1.165, 1.54) is 10.7 Å². The number of aromatic nitrogens is 3. The Hall–Kier alpha value is -1.30. The zero-order chi connectivity index (χ0) is 12.7. The Bertz CT molecular complexity index is 584. The van der Waals surface area contributed by atoms with Crippen molar-refractivity contribution in [1.29, 1.82) is 0 Å². The number of nitrogens with zero attached hydrogens (tertiary/aromatic N) is 3. The summed E-state index contributed by atoms with van der Waals surface area (Å²) in [6.07, 6.45) is 2.17. The molecule has 2 atom stereocenters. The van der Waals surface area contributed by atoms with Crippen LogP contribution in [-0.4, -0.2) is 21.2 Å². The zero-order valence-corrected chi connectivity index (χ0v) is 10.9. The van der Waals surface area contributed by atoms with Crippen LogP contribution in [0.25, 0.3) is 11.3 Å². The van der Waals surface area contributed by atoms with Gasteiger partial charge >= 0.3 is 0 Å². The molecule has 1 aliphatic rings. The van der Waals surface area contributed by atoms with Crippen molar-refractivity contribution < 1.29 is 8.78 Å². The molecular formula is C12H10BrF2N3. The van der Waals surface area contributed by atoms with Crippen LogP contribution in [0.5, 0.6) is 0 Å². The van der Waals surface area contributed by atoms with Crippen LogP contribution in [0.2, 0.25) is 0 Å². The molecule has 1 saturated carbocycles. The highest BCUT2D eigenvalue weighted by Gasteiger charge is 2.33. The fraction of sp³-hybridized carbons (Fsp3) is 0.333. The lowest BCUT2D eigenvalue weighted by Gasteiger charge is -2.29. The molecule has 2 aromatic rings. The molecule has 3 rings (SSSR count). The maximum atomic E-state index is 13.4. The molecule has 3 nitrogen and oxygen atoms in total. The monoisotopic (exact) mass is 313 g/mol. The summed E-state index contributed by atoms with van der Waals surface area (Å²) in [5.74, 6) is -0.353. The smallest absolute Gasteiger partial charge is 0.138 e. The Kier molecular flexibility index (Phi) is 2.89. The van der Waals surface area contributed by atoms with Crippen LogP contribution in [0.1, 0.15) is 18.9 Å². The van der Waals surface area contributed by atoms with Gasteiger partial charge in [0.25, 0.3) is 0 Å². The highest BCUT2D eigenvalue weighted by Crippen LogP contribution is 2.35. The second-order valence-electron chi connectivity index (χ2n) is 4.37. The van der Waals surface area contributed by atoms with Crippen LogP contribution >= 0.6 is 15.9 Å². The Morgan fingerprint density at radius 2 is 2.17 bits per heavy atom. The van der Waals surface area contributed by atoms with Crippen LogP contribution in [0, 0.1) is 5.82 Å². The number of benzene rings is 1. The summed E-state index contributed by atoms with van der Waals surface area (Å²) < 4.78 is 28.6. The molecule has 0 amide bonds. The highest BCUT2D eigenvalue weighted by atomic mass is 79.9. The Labute approximate surface area is 111 Å². The van der Waals surface area contributed by atoms with Gasteiger partial charge in [0.05, 0.1) is 16.7 Å². The number of hydrogen-bond donors (Lipinski definition) is 0. The maximum Gasteiger partial charge on any atom is 0.138 e. The first-order valence-corrected chi connectivity index (χ1v) is 6.46. The van der Waals surface area contributed by atoms with Crippen LogP contribution in [0.15, 0.2) is 28.9 Å². The molecule has 1 aromatic carbocycles. The van der Waals surface area contributed by atoms with Gasteiger partial charge in [-0.25, -0.2) is 13.5 Å². The summed E-state index contributed by atoms with van der Waals surface area (Å²) in [7, 11) is 0. The van der Waals surface area contributed by atoms with Crippen molar-refractivity contribution in [2.45, 2.75) is 25.1 Å². The van der Waals surface area contributed by atoms with E-state index < -0.39 is 6.17 Å². The van der Waals surface area contributed by atoms with Gasteiger partial charge in [-0.2, -0.15) is 0 Å². The summed E-state index contributed by atoms with van der Waals surface area (Å²) in [6.45, 7) is 0. The Morgan fingerprint density at radius 3 is 2.78 bits per heavy atom. The molecular weight excluding hydrogens is 304 g/mol. The molecule has 0 spiro atoms. The van der Waals surface area contributed by atoms with E-state index in [0.717, 1.165) is 6.42 Å². The van der Waals surface area contributed by atoms with Crippen molar-refractivity contribution >= 4 is 15.9 Å². The van der Waals surface area contributed by atoms with Crippen molar-refractivity contribution in [3.05, 3.63) is 34.7 Å². The topological polar surface area (TPSA) is 30.7 Å². The normalized spacial score (nSPS) is 22.8. The van der Waals surface area contributed by atoms with E-state index in [-0.39, 0.29) is 11.9 Å². The summed E-state index contributed by atoms with van der Waals surface area (Å²) in [5.41, 5.74) is 1.19. The molecule has 6 heteroatoms. The second-order valence-corrected chi connectivity index (χ2v) is 5.23. The average molecular weight is 314 g/mol. The Balaban J connectivity index is 1.90. The van der Waals surface area contributed by atoms with Crippen LogP contribution in [0.3, 0.4) is 0 Å². The van der Waals surface area contributed by atoms with Gasteiger partial charge in [0, 0.05) is 5.56 Å². The standard InChI is InChI=1S/C12H10BrF2N3/c13-8-2-1-7(5-10(8)15)11-6-18(17-16-11)12-4-3-9(12)14/h1-2,5-6,9,12H,3-4H2/t9-,12+/m1/s1. The molecule has 0 N–H and O–H groups in total. The first-order valence-electron chi connectivity index (χ1n) is 5.66. The van der Waals surface area contributed by atoms with E-state index in [1.807, 2.05) is 0 Å². The van der Waals surface area contributed by atoms with Gasteiger partial charge in [0.15, 0.2) is 0 Å². The maximum absolute atomic E-state index is 13.4. The average Bonchev–Trinajstić information content (AvgIpc) is 2.80. The van der Waals surface area contributed by atoms with Gasteiger partial charge in [-0.3, -0.25) is 0 Å². The van der Waals surface area contributed by atoms with Gasteiger partial charge in [0.1, 0.15) is 17.7 Å². The zero-order valence-electron chi connectivity index (χ0n) is 9.35. The predicted octanol–water partition coefficient (Wildman–Crippen LogP) is 3.52. The molecule has 0 radical (unpaired) electrons. The lowest BCUT2D eigenvalue weighted by Crippen LogP contribution is -2.30. The predicted molar refractivity (Wildman–Crippen MR) is 66.3 cm³/mol. The van der Waals surface area contributed by atoms with E-state index in [2.05, 4.69) is 26.2 Å². The molecule has 1 aliphatic carbocycles. The van der Waals surface area contributed by atoms with E-state index >= 15 is 0 Å².